The van der Waals surface area contributed by atoms with E-state index in [-0.39, 0.29) is 18.5 Å². The Kier molecular flexibility index (Phi) is 7.77. The third kappa shape index (κ3) is 6.21. The number of anilines is 1. The number of alkyl halides is 3. The van der Waals surface area contributed by atoms with Crippen molar-refractivity contribution in [1.82, 2.24) is 14.9 Å². The normalized spacial score (nSPS) is 24.1. The molecule has 38 heavy (non-hydrogen) atoms. The second kappa shape index (κ2) is 11.1. The lowest BCUT2D eigenvalue weighted by Gasteiger charge is -2.32. The van der Waals surface area contributed by atoms with Crippen LogP contribution >= 0.6 is 0 Å². The van der Waals surface area contributed by atoms with Crippen molar-refractivity contribution in [2.75, 3.05) is 31.1 Å². The minimum Gasteiger partial charge on any atom is -0.493 e. The summed E-state index contributed by atoms with van der Waals surface area (Å²) < 4.78 is 59.8. The maximum atomic E-state index is 14.6. The highest BCUT2D eigenvalue weighted by Crippen LogP contribution is 2.50. The molecular weight excluding hydrogens is 500 g/mol. The fourth-order valence-electron chi connectivity index (χ4n) is 6.02. The number of rotatable bonds is 8. The van der Waals surface area contributed by atoms with E-state index in [2.05, 4.69) is 14.9 Å². The van der Waals surface area contributed by atoms with Gasteiger partial charge in [0.15, 0.2) is 0 Å². The quantitative estimate of drug-likeness (QED) is 0.428. The molecule has 0 N–H and O–H groups in total. The third-order valence-electron chi connectivity index (χ3n) is 8.25. The Morgan fingerprint density at radius 2 is 1.84 bits per heavy atom. The first-order valence-electron chi connectivity index (χ1n) is 13.5. The average Bonchev–Trinajstić information content (AvgIpc) is 3.46. The number of aryl methyl sites for hydroxylation is 1. The Bertz CT molecular complexity index is 1120. The first kappa shape index (κ1) is 26.7. The van der Waals surface area contributed by atoms with Gasteiger partial charge in [-0.25, -0.2) is 14.4 Å². The van der Waals surface area contributed by atoms with Gasteiger partial charge in [-0.3, -0.25) is 4.79 Å². The van der Waals surface area contributed by atoms with E-state index in [1.54, 1.807) is 6.07 Å². The van der Waals surface area contributed by atoms with Gasteiger partial charge in [-0.1, -0.05) is 6.07 Å². The number of hydrogen-bond acceptors (Lipinski definition) is 5. The van der Waals surface area contributed by atoms with Crippen molar-refractivity contribution in [3.63, 3.8) is 0 Å². The van der Waals surface area contributed by atoms with Gasteiger partial charge in [-0.05, 0) is 80.4 Å². The fraction of sp³-hybridized carbons (Fsp3) is 0.607. The SMILES string of the molecule is Cc1cnc(N2CCC([C@H]3C[C@H]3CCOc3ccc(CC(=O)N4CCC[C@@H]4C(F)(F)F)c(F)c3)CC2)nc1. The Morgan fingerprint density at radius 3 is 2.53 bits per heavy atom. The number of halogens is 4. The van der Waals surface area contributed by atoms with E-state index in [0.29, 0.717) is 36.5 Å². The first-order valence-corrected chi connectivity index (χ1v) is 13.5. The summed E-state index contributed by atoms with van der Waals surface area (Å²) in [5.41, 5.74) is 1.14. The van der Waals surface area contributed by atoms with Gasteiger partial charge in [0.05, 0.1) is 13.0 Å². The Morgan fingerprint density at radius 1 is 1.11 bits per heavy atom. The Balaban J connectivity index is 1.04. The lowest BCUT2D eigenvalue weighted by Crippen LogP contribution is -2.45. The van der Waals surface area contributed by atoms with Gasteiger partial charge in [0.25, 0.3) is 0 Å². The molecule has 5 rings (SSSR count). The lowest BCUT2D eigenvalue weighted by atomic mass is 9.90. The van der Waals surface area contributed by atoms with Crippen molar-refractivity contribution in [2.45, 2.75) is 64.1 Å². The average molecular weight is 535 g/mol. The van der Waals surface area contributed by atoms with Crippen LogP contribution in [0.4, 0.5) is 23.5 Å². The van der Waals surface area contributed by atoms with Crippen molar-refractivity contribution in [2.24, 2.45) is 17.8 Å². The molecule has 3 fully saturated rings. The summed E-state index contributed by atoms with van der Waals surface area (Å²) >= 11 is 0. The van der Waals surface area contributed by atoms with E-state index in [4.69, 9.17) is 4.74 Å². The number of ether oxygens (including phenoxy) is 1. The number of benzene rings is 1. The largest absolute Gasteiger partial charge is 0.493 e. The first-order chi connectivity index (χ1) is 18.2. The number of amides is 1. The van der Waals surface area contributed by atoms with Crippen molar-refractivity contribution >= 4 is 11.9 Å². The van der Waals surface area contributed by atoms with E-state index in [1.807, 2.05) is 19.3 Å². The van der Waals surface area contributed by atoms with Crippen LogP contribution < -0.4 is 9.64 Å². The van der Waals surface area contributed by atoms with Crippen molar-refractivity contribution in [3.8, 4) is 5.75 Å². The number of carbonyl (C=O) groups excluding carboxylic acids is 1. The van der Waals surface area contributed by atoms with E-state index in [1.165, 1.54) is 18.6 Å². The summed E-state index contributed by atoms with van der Waals surface area (Å²) in [7, 11) is 0. The van der Waals surface area contributed by atoms with E-state index in [9.17, 15) is 22.4 Å². The summed E-state index contributed by atoms with van der Waals surface area (Å²) in [6.07, 6.45) is 3.41. The van der Waals surface area contributed by atoms with Crippen LogP contribution in [0.2, 0.25) is 0 Å². The second-order valence-electron chi connectivity index (χ2n) is 10.9. The highest BCUT2D eigenvalue weighted by molar-refractivity contribution is 5.79. The zero-order valence-electron chi connectivity index (χ0n) is 21.6. The predicted octanol–water partition coefficient (Wildman–Crippen LogP) is 5.34. The molecule has 2 saturated heterocycles. The molecule has 3 aliphatic rings. The molecule has 0 spiro atoms. The standard InChI is InChI=1S/C28H34F4N4O2/c1-18-16-33-27(34-17-18)35-10-6-19(7-11-35)23-13-20(23)8-12-38-22-5-4-21(24(29)15-22)14-26(37)36-9-2-3-25(36)28(30,31)32/h4-5,15-17,19-20,23,25H,2-3,6-14H2,1H3/t20-,23-,25-/m1/s1. The molecule has 6 nitrogen and oxygen atoms in total. The molecule has 1 saturated carbocycles. The minimum atomic E-state index is -4.46. The van der Waals surface area contributed by atoms with Crippen molar-refractivity contribution in [3.05, 3.63) is 47.5 Å². The van der Waals surface area contributed by atoms with Gasteiger partial charge in [0, 0.05) is 38.1 Å². The van der Waals surface area contributed by atoms with Gasteiger partial charge < -0.3 is 14.5 Å². The van der Waals surface area contributed by atoms with Crippen LogP contribution in [0, 0.1) is 30.5 Å². The Hall–Kier alpha value is -2.91. The summed E-state index contributed by atoms with van der Waals surface area (Å²) in [4.78, 5) is 24.4. The Labute approximate surface area is 220 Å². The molecule has 0 bridgehead atoms. The van der Waals surface area contributed by atoms with E-state index >= 15 is 0 Å². The van der Waals surface area contributed by atoms with Gasteiger partial charge in [-0.2, -0.15) is 13.2 Å². The van der Waals surface area contributed by atoms with Gasteiger partial charge in [-0.15, -0.1) is 0 Å². The summed E-state index contributed by atoms with van der Waals surface area (Å²) in [5.74, 6) is 1.86. The van der Waals surface area contributed by atoms with E-state index < -0.39 is 30.4 Å². The smallest absolute Gasteiger partial charge is 0.408 e. The van der Waals surface area contributed by atoms with Crippen LogP contribution in [0.25, 0.3) is 0 Å². The molecule has 1 aromatic heterocycles. The van der Waals surface area contributed by atoms with Crippen LogP contribution in [-0.4, -0.2) is 59.2 Å². The molecule has 1 aromatic carbocycles. The number of nitrogens with zero attached hydrogens (tertiary/aromatic N) is 4. The van der Waals surface area contributed by atoms with Crippen LogP contribution in [0.3, 0.4) is 0 Å². The number of likely N-dealkylation sites (tertiary alicyclic amines) is 1. The van der Waals surface area contributed by atoms with Crippen LogP contribution in [0.1, 0.15) is 49.7 Å². The number of hydrogen-bond donors (Lipinski definition) is 0. The molecular formula is C28H34F4N4O2. The highest BCUT2D eigenvalue weighted by atomic mass is 19.4. The zero-order valence-corrected chi connectivity index (χ0v) is 21.6. The van der Waals surface area contributed by atoms with Crippen LogP contribution in [-0.2, 0) is 11.2 Å². The predicted molar refractivity (Wildman–Crippen MR) is 134 cm³/mol. The third-order valence-corrected chi connectivity index (χ3v) is 8.25. The van der Waals surface area contributed by atoms with Crippen molar-refractivity contribution < 1.29 is 27.1 Å². The molecule has 0 radical (unpaired) electrons. The summed E-state index contributed by atoms with van der Waals surface area (Å²) in [6, 6.07) is 2.47. The van der Waals surface area contributed by atoms with Gasteiger partial charge in [0.1, 0.15) is 17.6 Å². The fourth-order valence-corrected chi connectivity index (χ4v) is 6.02. The second-order valence-corrected chi connectivity index (χ2v) is 10.9. The summed E-state index contributed by atoms with van der Waals surface area (Å²) in [6.45, 7) is 4.45. The molecule has 1 amide bonds. The zero-order chi connectivity index (χ0) is 26.9. The number of aromatic nitrogens is 2. The summed E-state index contributed by atoms with van der Waals surface area (Å²) in [5, 5.41) is 0. The molecule has 2 aromatic rings. The van der Waals surface area contributed by atoms with Crippen molar-refractivity contribution in [1.29, 1.82) is 0 Å². The number of piperidine rings is 1. The van der Waals surface area contributed by atoms with Crippen LogP contribution in [0.15, 0.2) is 30.6 Å². The molecule has 1 aliphatic carbocycles. The molecule has 3 heterocycles. The molecule has 10 heteroatoms. The topological polar surface area (TPSA) is 58.6 Å². The maximum absolute atomic E-state index is 14.6. The number of carbonyl (C=O) groups is 1. The maximum Gasteiger partial charge on any atom is 0.408 e. The lowest BCUT2D eigenvalue weighted by molar-refractivity contribution is -0.182. The molecule has 0 unspecified atom stereocenters. The monoisotopic (exact) mass is 534 g/mol. The highest BCUT2D eigenvalue weighted by Gasteiger charge is 2.47. The van der Waals surface area contributed by atoms with Gasteiger partial charge >= 0.3 is 6.18 Å². The molecule has 2 aliphatic heterocycles. The molecule has 206 valence electrons. The van der Waals surface area contributed by atoms with Gasteiger partial charge in [0.2, 0.25) is 11.9 Å². The van der Waals surface area contributed by atoms with E-state index in [0.717, 1.165) is 48.8 Å². The molecule has 3 atom stereocenters. The van der Waals surface area contributed by atoms with Crippen LogP contribution in [0.5, 0.6) is 5.75 Å². The minimum absolute atomic E-state index is 0.0499.